The molecule has 0 bridgehead atoms. The Morgan fingerprint density at radius 1 is 0.962 bits per heavy atom. The molecule has 5 nitrogen and oxygen atoms in total. The molecule has 0 aliphatic carbocycles. The zero-order valence-corrected chi connectivity index (χ0v) is 21.0. The number of halogens is 3. The summed E-state index contributed by atoms with van der Waals surface area (Å²) in [5.41, 5.74) is -0.289. The van der Waals surface area contributed by atoms with Crippen molar-refractivity contribution >= 4 is 54.0 Å². The minimum atomic E-state index is -2.96. The van der Waals surface area contributed by atoms with Gasteiger partial charge in [-0.05, 0) is 34.1 Å². The summed E-state index contributed by atoms with van der Waals surface area (Å²) in [4.78, 5) is 11.1. The zero-order valence-electron chi connectivity index (χ0n) is 16.7. The first kappa shape index (κ1) is 28.6. The van der Waals surface area contributed by atoms with Crippen LogP contribution in [0.4, 0.5) is 0 Å². The van der Waals surface area contributed by atoms with Crippen molar-refractivity contribution < 1.29 is 22.8 Å². The molecule has 0 N–H and O–H groups in total. The third-order valence-electron chi connectivity index (χ3n) is 2.98. The van der Waals surface area contributed by atoms with Crippen LogP contribution in [0.2, 0.25) is 6.04 Å². The van der Waals surface area contributed by atoms with E-state index in [2.05, 4.69) is 13.5 Å². The monoisotopic (exact) mass is 466 g/mol. The van der Waals surface area contributed by atoms with Crippen LogP contribution < -0.4 is 0 Å². The standard InChI is InChI=1S/C9H22O3Si.C7H11Cl3O2Si/c1-5-9-13(10-6-2,11-7-3)12-8-4;1-4-6(13(8,9)10)12-7(11)5(2)3/h5-9H2,1-4H3;6H,2,4H2,1,3H3. The maximum atomic E-state index is 11.1. The summed E-state index contributed by atoms with van der Waals surface area (Å²) in [5, 5.41) is 0. The van der Waals surface area contributed by atoms with Crippen molar-refractivity contribution in [1.29, 1.82) is 0 Å². The second-order valence-electron chi connectivity index (χ2n) is 5.36. The van der Waals surface area contributed by atoms with Crippen LogP contribution in [0.1, 0.15) is 54.4 Å². The molecule has 0 fully saturated rings. The topological polar surface area (TPSA) is 54.0 Å². The molecule has 26 heavy (non-hydrogen) atoms. The van der Waals surface area contributed by atoms with Gasteiger partial charge in [-0.15, -0.1) is 33.2 Å². The number of carbonyl (C=O) groups excluding carboxylic acids is 1. The Morgan fingerprint density at radius 3 is 1.62 bits per heavy atom. The maximum absolute atomic E-state index is 11.1. The quantitative estimate of drug-likeness (QED) is 0.164. The summed E-state index contributed by atoms with van der Waals surface area (Å²) in [6, 6.07) is -2.04. The van der Waals surface area contributed by atoms with Gasteiger partial charge in [-0.2, -0.15) is 0 Å². The minimum Gasteiger partial charge on any atom is -0.458 e. The normalized spacial score (nSPS) is 12.8. The van der Waals surface area contributed by atoms with Crippen molar-refractivity contribution in [2.24, 2.45) is 0 Å². The molecule has 0 radical (unpaired) electrons. The Morgan fingerprint density at radius 2 is 1.38 bits per heavy atom. The van der Waals surface area contributed by atoms with E-state index < -0.39 is 26.5 Å². The van der Waals surface area contributed by atoms with Crippen LogP contribution in [0.3, 0.4) is 0 Å². The van der Waals surface area contributed by atoms with Crippen molar-refractivity contribution in [3.05, 3.63) is 12.2 Å². The van der Waals surface area contributed by atoms with E-state index in [0.717, 1.165) is 12.5 Å². The highest BCUT2D eigenvalue weighted by atomic mass is 35.8. The van der Waals surface area contributed by atoms with Gasteiger partial charge in [0.15, 0.2) is 0 Å². The third kappa shape index (κ3) is 12.7. The highest BCUT2D eigenvalue weighted by Crippen LogP contribution is 2.28. The second-order valence-corrected chi connectivity index (χ2v) is 16.9. The van der Waals surface area contributed by atoms with E-state index in [1.165, 1.54) is 0 Å². The van der Waals surface area contributed by atoms with E-state index >= 15 is 0 Å². The van der Waals surface area contributed by atoms with E-state index in [9.17, 15) is 4.79 Å². The van der Waals surface area contributed by atoms with Crippen molar-refractivity contribution in [1.82, 2.24) is 0 Å². The first-order valence-corrected chi connectivity index (χ1v) is 15.9. The second kappa shape index (κ2) is 15.3. The first-order chi connectivity index (χ1) is 12.0. The average molecular weight is 468 g/mol. The number of hydrogen-bond donors (Lipinski definition) is 0. The summed E-state index contributed by atoms with van der Waals surface area (Å²) in [5.74, 6) is -0.509. The highest BCUT2D eigenvalue weighted by Gasteiger charge is 2.39. The lowest BCUT2D eigenvalue weighted by Gasteiger charge is -2.27. The molecule has 10 heteroatoms. The molecule has 0 aromatic rings. The molecule has 156 valence electrons. The van der Waals surface area contributed by atoms with Crippen LogP contribution in [0, 0.1) is 0 Å². The van der Waals surface area contributed by atoms with Crippen LogP contribution in [-0.4, -0.2) is 46.3 Å². The fourth-order valence-corrected chi connectivity index (χ4v) is 7.03. The van der Waals surface area contributed by atoms with Gasteiger partial charge >= 0.3 is 20.8 Å². The predicted molar refractivity (Wildman–Crippen MR) is 114 cm³/mol. The molecule has 0 aliphatic rings. The van der Waals surface area contributed by atoms with Crippen molar-refractivity contribution in [3.8, 4) is 0 Å². The first-order valence-electron chi connectivity index (χ1n) is 8.88. The van der Waals surface area contributed by atoms with Gasteiger partial charge in [0.2, 0.25) is 0 Å². The summed E-state index contributed by atoms with van der Waals surface area (Å²) in [7, 11) is -2.30. The van der Waals surface area contributed by atoms with Crippen LogP contribution in [0.25, 0.3) is 0 Å². The highest BCUT2D eigenvalue weighted by molar-refractivity contribution is 7.65. The fourth-order valence-electron chi connectivity index (χ4n) is 1.92. The summed E-state index contributed by atoms with van der Waals surface area (Å²) >= 11 is 17.1. The lowest BCUT2D eigenvalue weighted by Crippen LogP contribution is -2.45. The van der Waals surface area contributed by atoms with Gasteiger partial charge in [-0.1, -0.05) is 26.8 Å². The molecular formula is C16H33Cl3O5Si2. The van der Waals surface area contributed by atoms with E-state index in [0.29, 0.717) is 31.8 Å². The van der Waals surface area contributed by atoms with Gasteiger partial charge in [-0.25, -0.2) is 4.79 Å². The molecule has 1 unspecified atom stereocenters. The van der Waals surface area contributed by atoms with E-state index in [1.807, 2.05) is 20.8 Å². The van der Waals surface area contributed by atoms with Gasteiger partial charge in [0, 0.05) is 31.4 Å². The van der Waals surface area contributed by atoms with E-state index in [4.69, 9.17) is 51.3 Å². The Hall–Kier alpha value is 0.394. The van der Waals surface area contributed by atoms with Gasteiger partial charge in [-0.3, -0.25) is 0 Å². The average Bonchev–Trinajstić information content (AvgIpc) is 2.52. The lowest BCUT2D eigenvalue weighted by molar-refractivity contribution is -0.140. The zero-order chi connectivity index (χ0) is 20.8. The summed E-state index contributed by atoms with van der Waals surface area (Å²) < 4.78 is 21.9. The summed E-state index contributed by atoms with van der Waals surface area (Å²) in [6.45, 7) is 16.9. The Balaban J connectivity index is 0. The van der Waals surface area contributed by atoms with Crippen molar-refractivity contribution in [2.45, 2.75) is 66.2 Å². The smallest absolute Gasteiger partial charge is 0.458 e. The van der Waals surface area contributed by atoms with Gasteiger partial charge in [0.1, 0.15) is 5.73 Å². The Labute approximate surface area is 174 Å². The molecule has 0 aromatic carbocycles. The van der Waals surface area contributed by atoms with Crippen LogP contribution in [0.15, 0.2) is 12.2 Å². The van der Waals surface area contributed by atoms with E-state index in [-0.39, 0.29) is 0 Å². The number of ether oxygens (including phenoxy) is 1. The van der Waals surface area contributed by atoms with Gasteiger partial charge in [0.05, 0.1) is 0 Å². The van der Waals surface area contributed by atoms with Crippen molar-refractivity contribution in [3.63, 3.8) is 0 Å². The lowest BCUT2D eigenvalue weighted by atomic mass is 10.4. The predicted octanol–water partition coefficient (Wildman–Crippen LogP) is 5.52. The van der Waals surface area contributed by atoms with Gasteiger partial charge in [0.25, 0.3) is 0 Å². The largest absolute Gasteiger partial charge is 0.500 e. The Kier molecular flexibility index (Phi) is 16.9. The number of esters is 1. The maximum Gasteiger partial charge on any atom is 0.500 e. The number of rotatable bonds is 12. The number of hydrogen-bond acceptors (Lipinski definition) is 5. The molecule has 0 rings (SSSR count). The molecule has 0 saturated carbocycles. The molecule has 0 aliphatic heterocycles. The van der Waals surface area contributed by atoms with Crippen LogP contribution in [-0.2, 0) is 22.8 Å². The van der Waals surface area contributed by atoms with E-state index in [1.54, 1.807) is 13.8 Å². The molecule has 0 amide bonds. The molecular weight excluding hydrogens is 435 g/mol. The molecule has 0 spiro atoms. The SMILES string of the molecule is C=C(C)C(=O)OC(CC)[Si](Cl)(Cl)Cl.CCC[Si](OCC)(OCC)OCC. The molecule has 0 saturated heterocycles. The third-order valence-corrected chi connectivity index (χ3v) is 9.73. The minimum absolute atomic E-state index is 0.307. The van der Waals surface area contributed by atoms with Gasteiger partial charge < -0.3 is 18.0 Å². The van der Waals surface area contributed by atoms with Crippen LogP contribution >= 0.6 is 33.2 Å². The van der Waals surface area contributed by atoms with Crippen molar-refractivity contribution in [2.75, 3.05) is 19.8 Å². The Bertz CT molecular complexity index is 376. The summed E-state index contributed by atoms with van der Waals surface area (Å²) in [6.07, 6.45) is 1.55. The van der Waals surface area contributed by atoms with Crippen LogP contribution in [0.5, 0.6) is 0 Å². The molecule has 0 heterocycles. The fraction of sp³-hybridized carbons (Fsp3) is 0.812. The molecule has 1 atom stereocenters. The number of carbonyl (C=O) groups is 1. The molecule has 0 aromatic heterocycles.